The lowest BCUT2D eigenvalue weighted by molar-refractivity contribution is 0.645. The van der Waals surface area contributed by atoms with Gasteiger partial charge >= 0.3 is 0 Å². The van der Waals surface area contributed by atoms with E-state index in [9.17, 15) is 0 Å². The molecule has 0 saturated heterocycles. The SMILES string of the molecule is CN=C(NCCCSC)NCC1(c2ccccc2)CC1.I. The van der Waals surface area contributed by atoms with E-state index in [2.05, 4.69) is 52.2 Å². The molecule has 5 heteroatoms. The standard InChI is InChI=1S/C16H25N3S.HI/c1-17-15(18-11-6-12-20-2)19-13-16(9-10-16)14-7-4-3-5-8-14;/h3-5,7-8H,6,9-13H2,1-2H3,(H2,17,18,19);1H. The van der Waals surface area contributed by atoms with Gasteiger partial charge in [-0.3, -0.25) is 4.99 Å². The topological polar surface area (TPSA) is 36.4 Å². The molecule has 0 bridgehead atoms. The average Bonchev–Trinajstić information content (AvgIpc) is 3.29. The van der Waals surface area contributed by atoms with Gasteiger partial charge in [0.25, 0.3) is 0 Å². The van der Waals surface area contributed by atoms with Crippen molar-refractivity contribution in [2.45, 2.75) is 24.7 Å². The molecule has 1 aromatic carbocycles. The number of hydrogen-bond donors (Lipinski definition) is 2. The Morgan fingerprint density at radius 2 is 1.95 bits per heavy atom. The second-order valence-electron chi connectivity index (χ2n) is 5.35. The van der Waals surface area contributed by atoms with Gasteiger partial charge in [-0.25, -0.2) is 0 Å². The van der Waals surface area contributed by atoms with Crippen LogP contribution in [0.25, 0.3) is 0 Å². The van der Waals surface area contributed by atoms with Crippen LogP contribution in [0.4, 0.5) is 0 Å². The van der Waals surface area contributed by atoms with Crippen LogP contribution in [-0.4, -0.2) is 38.1 Å². The smallest absolute Gasteiger partial charge is 0.191 e. The molecule has 0 radical (unpaired) electrons. The summed E-state index contributed by atoms with van der Waals surface area (Å²) in [5, 5.41) is 6.86. The van der Waals surface area contributed by atoms with Gasteiger partial charge < -0.3 is 10.6 Å². The zero-order valence-electron chi connectivity index (χ0n) is 12.9. The monoisotopic (exact) mass is 419 g/mol. The third kappa shape index (κ3) is 5.70. The van der Waals surface area contributed by atoms with Crippen LogP contribution in [0.3, 0.4) is 0 Å². The average molecular weight is 419 g/mol. The summed E-state index contributed by atoms with van der Waals surface area (Å²) in [5.41, 5.74) is 1.78. The third-order valence-corrected chi connectivity index (χ3v) is 4.57. The predicted octanol–water partition coefficient (Wildman–Crippen LogP) is 3.25. The molecule has 0 spiro atoms. The summed E-state index contributed by atoms with van der Waals surface area (Å²) in [5.74, 6) is 2.12. The number of halogens is 1. The van der Waals surface area contributed by atoms with Crippen molar-refractivity contribution >= 4 is 41.7 Å². The van der Waals surface area contributed by atoms with E-state index >= 15 is 0 Å². The van der Waals surface area contributed by atoms with E-state index in [0.717, 1.165) is 19.0 Å². The Balaban J connectivity index is 0.00000220. The van der Waals surface area contributed by atoms with E-state index in [0.29, 0.717) is 5.41 Å². The lowest BCUT2D eigenvalue weighted by atomic mass is 9.96. The highest BCUT2D eigenvalue weighted by Gasteiger charge is 2.43. The number of aliphatic imine (C=N–C) groups is 1. The Labute approximate surface area is 149 Å². The van der Waals surface area contributed by atoms with Gasteiger partial charge in [0.15, 0.2) is 5.96 Å². The zero-order valence-corrected chi connectivity index (χ0v) is 16.0. The first-order valence-electron chi connectivity index (χ1n) is 7.30. The fourth-order valence-corrected chi connectivity index (χ4v) is 2.84. The van der Waals surface area contributed by atoms with Crippen LogP contribution in [0.15, 0.2) is 35.3 Å². The fraction of sp³-hybridized carbons (Fsp3) is 0.562. The fourth-order valence-electron chi connectivity index (χ4n) is 2.41. The first-order chi connectivity index (χ1) is 9.80. The Bertz CT molecular complexity index is 432. The number of nitrogens with one attached hydrogen (secondary N) is 2. The quantitative estimate of drug-likeness (QED) is 0.308. The molecule has 1 aliphatic rings. The molecule has 1 saturated carbocycles. The summed E-state index contributed by atoms with van der Waals surface area (Å²) < 4.78 is 0. The van der Waals surface area contributed by atoms with Crippen LogP contribution in [0, 0.1) is 0 Å². The van der Waals surface area contributed by atoms with Crippen LogP contribution < -0.4 is 10.6 Å². The molecule has 0 unspecified atom stereocenters. The number of rotatable bonds is 7. The zero-order chi connectivity index (χ0) is 14.3. The van der Waals surface area contributed by atoms with Gasteiger partial charge in [-0.2, -0.15) is 11.8 Å². The van der Waals surface area contributed by atoms with Gasteiger partial charge in [0.1, 0.15) is 0 Å². The van der Waals surface area contributed by atoms with Crippen molar-refractivity contribution in [1.29, 1.82) is 0 Å². The highest BCUT2D eigenvalue weighted by molar-refractivity contribution is 14.0. The molecule has 0 amide bonds. The maximum atomic E-state index is 4.30. The minimum atomic E-state index is 0. The van der Waals surface area contributed by atoms with Gasteiger partial charge in [-0.05, 0) is 36.8 Å². The van der Waals surface area contributed by atoms with Crippen molar-refractivity contribution in [2.75, 3.05) is 32.1 Å². The highest BCUT2D eigenvalue weighted by atomic mass is 127. The van der Waals surface area contributed by atoms with Crippen molar-refractivity contribution in [3.8, 4) is 0 Å². The lowest BCUT2D eigenvalue weighted by Gasteiger charge is -2.19. The normalized spacial score (nSPS) is 16.0. The van der Waals surface area contributed by atoms with Crippen LogP contribution in [-0.2, 0) is 5.41 Å². The Morgan fingerprint density at radius 3 is 2.52 bits per heavy atom. The molecule has 0 atom stereocenters. The maximum Gasteiger partial charge on any atom is 0.191 e. The minimum absolute atomic E-state index is 0. The summed E-state index contributed by atoms with van der Waals surface area (Å²) in [7, 11) is 1.84. The third-order valence-electron chi connectivity index (χ3n) is 3.88. The molecule has 2 rings (SSSR count). The molecular weight excluding hydrogens is 393 g/mol. The van der Waals surface area contributed by atoms with Crippen LogP contribution in [0.2, 0.25) is 0 Å². The molecule has 3 nitrogen and oxygen atoms in total. The number of hydrogen-bond acceptors (Lipinski definition) is 2. The Kier molecular flexibility index (Phi) is 8.48. The maximum absolute atomic E-state index is 4.30. The van der Waals surface area contributed by atoms with E-state index in [1.807, 2.05) is 18.8 Å². The second kappa shape index (κ2) is 9.56. The van der Waals surface area contributed by atoms with E-state index in [-0.39, 0.29) is 24.0 Å². The van der Waals surface area contributed by atoms with Crippen molar-refractivity contribution < 1.29 is 0 Å². The first-order valence-corrected chi connectivity index (χ1v) is 8.69. The van der Waals surface area contributed by atoms with E-state index < -0.39 is 0 Å². The molecule has 1 aliphatic carbocycles. The van der Waals surface area contributed by atoms with Gasteiger partial charge in [-0.1, -0.05) is 30.3 Å². The summed E-state index contributed by atoms with van der Waals surface area (Å²) in [6, 6.07) is 10.8. The predicted molar refractivity (Wildman–Crippen MR) is 105 cm³/mol. The van der Waals surface area contributed by atoms with Crippen LogP contribution in [0.1, 0.15) is 24.8 Å². The molecule has 0 aliphatic heterocycles. The number of benzene rings is 1. The van der Waals surface area contributed by atoms with E-state index in [1.54, 1.807) is 0 Å². The summed E-state index contributed by atoms with van der Waals surface area (Å²) in [6.07, 6.45) is 5.86. The molecule has 2 N–H and O–H groups in total. The molecule has 118 valence electrons. The molecule has 1 fully saturated rings. The van der Waals surface area contributed by atoms with Crippen LogP contribution >= 0.6 is 35.7 Å². The van der Waals surface area contributed by atoms with Crippen molar-refractivity contribution in [3.05, 3.63) is 35.9 Å². The molecule has 21 heavy (non-hydrogen) atoms. The van der Waals surface area contributed by atoms with Crippen LogP contribution in [0.5, 0.6) is 0 Å². The second-order valence-corrected chi connectivity index (χ2v) is 6.33. The molecule has 0 heterocycles. The summed E-state index contributed by atoms with van der Waals surface area (Å²) in [4.78, 5) is 4.30. The molecule has 0 aromatic heterocycles. The number of nitrogens with zero attached hydrogens (tertiary/aromatic N) is 1. The van der Waals surface area contributed by atoms with Gasteiger partial charge in [0.05, 0.1) is 0 Å². The largest absolute Gasteiger partial charge is 0.356 e. The minimum Gasteiger partial charge on any atom is -0.356 e. The van der Waals surface area contributed by atoms with Gasteiger partial charge in [0, 0.05) is 25.6 Å². The molecular formula is C16H26IN3S. The van der Waals surface area contributed by atoms with Gasteiger partial charge in [-0.15, -0.1) is 24.0 Å². The van der Waals surface area contributed by atoms with Gasteiger partial charge in [0.2, 0.25) is 0 Å². The summed E-state index contributed by atoms with van der Waals surface area (Å²) in [6.45, 7) is 1.96. The Hall–Kier alpha value is -0.430. The number of thioether (sulfide) groups is 1. The lowest BCUT2D eigenvalue weighted by Crippen LogP contribution is -2.41. The van der Waals surface area contributed by atoms with Crippen molar-refractivity contribution in [1.82, 2.24) is 10.6 Å². The number of guanidine groups is 1. The summed E-state index contributed by atoms with van der Waals surface area (Å²) >= 11 is 1.89. The van der Waals surface area contributed by atoms with E-state index in [1.165, 1.54) is 30.6 Å². The molecule has 1 aromatic rings. The van der Waals surface area contributed by atoms with Crippen molar-refractivity contribution in [3.63, 3.8) is 0 Å². The highest BCUT2D eigenvalue weighted by Crippen LogP contribution is 2.47. The van der Waals surface area contributed by atoms with Crippen molar-refractivity contribution in [2.24, 2.45) is 4.99 Å². The van der Waals surface area contributed by atoms with E-state index in [4.69, 9.17) is 0 Å². The first kappa shape index (κ1) is 18.6. The Morgan fingerprint density at radius 1 is 1.24 bits per heavy atom.